The molecule has 2 aromatic carbocycles. The van der Waals surface area contributed by atoms with Gasteiger partial charge < -0.3 is 11.1 Å². The van der Waals surface area contributed by atoms with Crippen LogP contribution < -0.4 is 11.1 Å². The Morgan fingerprint density at radius 1 is 1.19 bits per heavy atom. The lowest BCUT2D eigenvalue weighted by molar-refractivity contribution is -0.125. The standard InChI is InChI=1S/C21H22F2N4O4S/c1-13(21(29)26-16(11-24)10-19(25)28)27(32(2,30)31)12-14-6-8-15(9-7-14)17-4-3-5-18(22)20(17)23/h3-9,13,16H,10,12H2,1-2H3,(H2,25,28)(H,26,29)/t13-,16+/m1/s1. The fourth-order valence-corrected chi connectivity index (χ4v) is 4.04. The van der Waals surface area contributed by atoms with Gasteiger partial charge in [0.2, 0.25) is 21.8 Å². The number of nitrogens with two attached hydrogens (primary N) is 1. The lowest BCUT2D eigenvalue weighted by Crippen LogP contribution is -2.50. The van der Waals surface area contributed by atoms with E-state index in [1.54, 1.807) is 6.07 Å². The van der Waals surface area contributed by atoms with Crippen molar-refractivity contribution in [2.45, 2.75) is 32.0 Å². The number of halogens is 2. The third-order valence-corrected chi connectivity index (χ3v) is 5.97. The van der Waals surface area contributed by atoms with Gasteiger partial charge in [0.15, 0.2) is 11.6 Å². The minimum absolute atomic E-state index is 0.0567. The summed E-state index contributed by atoms with van der Waals surface area (Å²) >= 11 is 0. The average Bonchev–Trinajstić information content (AvgIpc) is 2.72. The van der Waals surface area contributed by atoms with E-state index in [0.29, 0.717) is 11.1 Å². The minimum atomic E-state index is -3.86. The molecule has 0 unspecified atom stereocenters. The molecular formula is C21H22F2N4O4S. The number of hydrogen-bond acceptors (Lipinski definition) is 5. The zero-order chi connectivity index (χ0) is 24.1. The Hall–Kier alpha value is -3.36. The highest BCUT2D eigenvalue weighted by atomic mass is 32.2. The SMILES string of the molecule is C[C@H](C(=O)N[C@H](C#N)CC(N)=O)N(Cc1ccc(-c2cccc(F)c2F)cc1)S(C)(=O)=O. The number of nitrogens with one attached hydrogen (secondary N) is 1. The first-order valence-corrected chi connectivity index (χ1v) is 11.3. The number of benzene rings is 2. The van der Waals surface area contributed by atoms with E-state index in [0.717, 1.165) is 16.6 Å². The quantitative estimate of drug-likeness (QED) is 0.582. The van der Waals surface area contributed by atoms with E-state index in [4.69, 9.17) is 11.0 Å². The van der Waals surface area contributed by atoms with Crippen molar-refractivity contribution in [3.8, 4) is 17.2 Å². The fourth-order valence-electron chi connectivity index (χ4n) is 2.99. The van der Waals surface area contributed by atoms with Gasteiger partial charge in [-0.1, -0.05) is 36.4 Å². The van der Waals surface area contributed by atoms with Crippen LogP contribution >= 0.6 is 0 Å². The molecule has 11 heteroatoms. The molecule has 0 heterocycles. The number of nitriles is 1. The van der Waals surface area contributed by atoms with Crippen LogP contribution in [0.15, 0.2) is 42.5 Å². The molecule has 0 spiro atoms. The molecule has 3 N–H and O–H groups in total. The molecule has 2 atom stereocenters. The molecule has 2 amide bonds. The maximum atomic E-state index is 14.0. The summed E-state index contributed by atoms with van der Waals surface area (Å²) in [6.45, 7) is 1.15. The molecular weight excluding hydrogens is 442 g/mol. The fraction of sp³-hybridized carbons (Fsp3) is 0.286. The molecule has 0 aliphatic rings. The lowest BCUT2D eigenvalue weighted by atomic mass is 10.0. The van der Waals surface area contributed by atoms with Crippen LogP contribution in [0.4, 0.5) is 8.78 Å². The van der Waals surface area contributed by atoms with Crippen LogP contribution in [0.1, 0.15) is 18.9 Å². The van der Waals surface area contributed by atoms with E-state index in [9.17, 15) is 26.8 Å². The number of hydrogen-bond donors (Lipinski definition) is 2. The first kappa shape index (κ1) is 24.9. The summed E-state index contributed by atoms with van der Waals surface area (Å²) < 4.78 is 53.0. The predicted molar refractivity (Wildman–Crippen MR) is 113 cm³/mol. The molecule has 0 aliphatic heterocycles. The van der Waals surface area contributed by atoms with Gasteiger partial charge in [-0.05, 0) is 24.1 Å². The van der Waals surface area contributed by atoms with E-state index in [-0.39, 0.29) is 12.1 Å². The van der Waals surface area contributed by atoms with Gasteiger partial charge in [-0.3, -0.25) is 9.59 Å². The molecule has 0 bridgehead atoms. The molecule has 32 heavy (non-hydrogen) atoms. The van der Waals surface area contributed by atoms with Crippen molar-refractivity contribution in [3.63, 3.8) is 0 Å². The van der Waals surface area contributed by atoms with Crippen LogP contribution in [0.3, 0.4) is 0 Å². The molecule has 0 aliphatic carbocycles. The van der Waals surface area contributed by atoms with Crippen LogP contribution in [-0.2, 0) is 26.2 Å². The molecule has 0 saturated carbocycles. The molecule has 0 radical (unpaired) electrons. The Labute approximate surface area is 184 Å². The third-order valence-electron chi connectivity index (χ3n) is 4.67. The summed E-state index contributed by atoms with van der Waals surface area (Å²) in [7, 11) is -3.86. The Bertz CT molecular complexity index is 1150. The highest BCUT2D eigenvalue weighted by Gasteiger charge is 2.30. The summed E-state index contributed by atoms with van der Waals surface area (Å²) in [5, 5.41) is 11.3. The molecule has 0 saturated heterocycles. The van der Waals surface area contributed by atoms with E-state index >= 15 is 0 Å². The summed E-state index contributed by atoms with van der Waals surface area (Å²) in [6, 6.07) is 9.22. The van der Waals surface area contributed by atoms with Gasteiger partial charge in [0.05, 0.1) is 18.7 Å². The number of rotatable bonds is 9. The van der Waals surface area contributed by atoms with Crippen LogP contribution in [0.25, 0.3) is 11.1 Å². The van der Waals surface area contributed by atoms with E-state index in [2.05, 4.69) is 5.32 Å². The van der Waals surface area contributed by atoms with Gasteiger partial charge in [0.1, 0.15) is 12.1 Å². The van der Waals surface area contributed by atoms with Crippen molar-refractivity contribution in [1.82, 2.24) is 9.62 Å². The average molecular weight is 464 g/mol. The summed E-state index contributed by atoms with van der Waals surface area (Å²) in [4.78, 5) is 23.5. The Morgan fingerprint density at radius 3 is 2.34 bits per heavy atom. The first-order valence-electron chi connectivity index (χ1n) is 9.42. The molecule has 8 nitrogen and oxygen atoms in total. The van der Waals surface area contributed by atoms with Crippen molar-refractivity contribution >= 4 is 21.8 Å². The van der Waals surface area contributed by atoms with Gasteiger partial charge >= 0.3 is 0 Å². The Kier molecular flexibility index (Phi) is 8.02. The topological polar surface area (TPSA) is 133 Å². The summed E-state index contributed by atoms with van der Waals surface area (Å²) in [6.07, 6.45) is 0.518. The monoisotopic (exact) mass is 464 g/mol. The smallest absolute Gasteiger partial charge is 0.239 e. The second-order valence-electron chi connectivity index (χ2n) is 7.14. The van der Waals surface area contributed by atoms with Gasteiger partial charge in [-0.25, -0.2) is 17.2 Å². The van der Waals surface area contributed by atoms with E-state index < -0.39 is 52.0 Å². The van der Waals surface area contributed by atoms with Gasteiger partial charge in [0.25, 0.3) is 0 Å². The summed E-state index contributed by atoms with van der Waals surface area (Å²) in [5.74, 6) is -3.55. The van der Waals surface area contributed by atoms with Crippen LogP contribution in [0, 0.1) is 23.0 Å². The van der Waals surface area contributed by atoms with Gasteiger partial charge in [0, 0.05) is 12.1 Å². The number of carbonyl (C=O) groups excluding carboxylic acids is 2. The van der Waals surface area contributed by atoms with Crippen molar-refractivity contribution < 1.29 is 26.8 Å². The van der Waals surface area contributed by atoms with Gasteiger partial charge in [-0.15, -0.1) is 0 Å². The molecule has 2 rings (SSSR count). The molecule has 2 aromatic rings. The second kappa shape index (κ2) is 10.3. The highest BCUT2D eigenvalue weighted by Crippen LogP contribution is 2.25. The van der Waals surface area contributed by atoms with Crippen LogP contribution in [-0.4, -0.2) is 42.9 Å². The number of sulfonamides is 1. The number of nitrogens with zero attached hydrogens (tertiary/aromatic N) is 2. The van der Waals surface area contributed by atoms with Gasteiger partial charge in [-0.2, -0.15) is 9.57 Å². The highest BCUT2D eigenvalue weighted by molar-refractivity contribution is 7.88. The van der Waals surface area contributed by atoms with Crippen molar-refractivity contribution in [2.75, 3.05) is 6.26 Å². The Balaban J connectivity index is 2.22. The van der Waals surface area contributed by atoms with Crippen molar-refractivity contribution in [3.05, 3.63) is 59.7 Å². The maximum Gasteiger partial charge on any atom is 0.239 e. The Morgan fingerprint density at radius 2 is 1.81 bits per heavy atom. The molecule has 0 fully saturated rings. The lowest BCUT2D eigenvalue weighted by Gasteiger charge is -2.27. The minimum Gasteiger partial charge on any atom is -0.370 e. The zero-order valence-corrected chi connectivity index (χ0v) is 18.2. The maximum absolute atomic E-state index is 14.0. The van der Waals surface area contributed by atoms with E-state index in [1.807, 2.05) is 0 Å². The predicted octanol–water partition coefficient (Wildman–Crippen LogP) is 1.67. The van der Waals surface area contributed by atoms with Crippen molar-refractivity contribution in [2.24, 2.45) is 5.73 Å². The largest absolute Gasteiger partial charge is 0.370 e. The number of amides is 2. The second-order valence-corrected chi connectivity index (χ2v) is 9.08. The van der Waals surface area contributed by atoms with Crippen LogP contribution in [0.2, 0.25) is 0 Å². The van der Waals surface area contributed by atoms with Crippen LogP contribution in [0.5, 0.6) is 0 Å². The number of carbonyl (C=O) groups is 2. The molecule has 170 valence electrons. The number of primary amides is 1. The third kappa shape index (κ3) is 6.32. The normalized spacial score (nSPS) is 13.2. The van der Waals surface area contributed by atoms with Crippen molar-refractivity contribution in [1.29, 1.82) is 5.26 Å². The van der Waals surface area contributed by atoms with E-state index in [1.165, 1.54) is 43.3 Å². The summed E-state index contributed by atoms with van der Waals surface area (Å²) in [5.41, 5.74) is 5.97. The zero-order valence-electron chi connectivity index (χ0n) is 17.4. The first-order chi connectivity index (χ1) is 14.9. The molecule has 0 aromatic heterocycles.